The molecule has 3 aliphatic carbocycles. The molecule has 21 heavy (non-hydrogen) atoms. The molecule has 4 heteroatoms. The number of fused-ring (bicyclic) bond motifs is 3. The molecule has 4 nitrogen and oxygen atoms in total. The van der Waals surface area contributed by atoms with Crippen LogP contribution in [0.1, 0.15) is 25.7 Å². The van der Waals surface area contributed by atoms with Crippen LogP contribution in [0.25, 0.3) is 0 Å². The van der Waals surface area contributed by atoms with Gasteiger partial charge in [0, 0.05) is 37.6 Å². The largest absolute Gasteiger partial charge is 0.381 e. The first-order valence-electron chi connectivity index (χ1n) is 7.97. The van der Waals surface area contributed by atoms with E-state index < -0.39 is 0 Å². The van der Waals surface area contributed by atoms with Crippen LogP contribution in [-0.2, 0) is 14.3 Å². The van der Waals surface area contributed by atoms with Crippen molar-refractivity contribution < 1.29 is 14.3 Å². The molecule has 2 fully saturated rings. The number of rotatable bonds is 2. The van der Waals surface area contributed by atoms with Crippen molar-refractivity contribution >= 4 is 11.7 Å². The van der Waals surface area contributed by atoms with E-state index in [-0.39, 0.29) is 29.6 Å². The lowest BCUT2D eigenvalue weighted by molar-refractivity contribution is -0.139. The first-order chi connectivity index (χ1) is 10.2. The van der Waals surface area contributed by atoms with Crippen LogP contribution in [0.4, 0.5) is 0 Å². The summed E-state index contributed by atoms with van der Waals surface area (Å²) in [6.07, 6.45) is 10.0. The van der Waals surface area contributed by atoms with Gasteiger partial charge in [-0.1, -0.05) is 18.6 Å². The van der Waals surface area contributed by atoms with E-state index in [9.17, 15) is 9.59 Å². The van der Waals surface area contributed by atoms with Crippen LogP contribution >= 0.6 is 0 Å². The molecule has 1 saturated heterocycles. The van der Waals surface area contributed by atoms with Crippen LogP contribution in [0, 0.1) is 23.7 Å². The highest BCUT2D eigenvalue weighted by atomic mass is 16.5. The molecule has 1 saturated carbocycles. The Hall–Kier alpha value is -1.42. The highest BCUT2D eigenvalue weighted by Gasteiger charge is 2.50. The number of hydrogen-bond acceptors (Lipinski definition) is 3. The van der Waals surface area contributed by atoms with E-state index in [1.54, 1.807) is 13.2 Å². The second-order valence-corrected chi connectivity index (χ2v) is 6.65. The molecule has 4 aliphatic rings. The first kappa shape index (κ1) is 13.3. The highest BCUT2D eigenvalue weighted by Crippen LogP contribution is 2.51. The van der Waals surface area contributed by atoms with Crippen LogP contribution in [0.5, 0.6) is 0 Å². The third kappa shape index (κ3) is 1.85. The van der Waals surface area contributed by atoms with Crippen molar-refractivity contribution in [3.63, 3.8) is 0 Å². The number of amides is 1. The molecule has 1 amide bonds. The molecule has 0 radical (unpaired) electrons. The predicted molar refractivity (Wildman–Crippen MR) is 77.2 cm³/mol. The number of carbonyl (C=O) groups excluding carboxylic acids is 2. The van der Waals surface area contributed by atoms with Crippen LogP contribution in [0.15, 0.2) is 23.9 Å². The predicted octanol–water partition coefficient (Wildman–Crippen LogP) is 1.92. The number of carbonyl (C=O) groups is 2. The number of β-lactam (4-membered cyclic amide) rings is 1. The lowest BCUT2D eigenvalue weighted by Gasteiger charge is -2.49. The normalized spacial score (nSPS) is 41.5. The van der Waals surface area contributed by atoms with E-state index in [2.05, 4.69) is 12.2 Å². The SMILES string of the molecule is CO[C@H]1CCC[C@H]2[C@@H]3C=CC(=O)[C@@H]3C=C(N3CCC3=O)[C@@H]21. The zero-order chi connectivity index (χ0) is 14.6. The van der Waals surface area contributed by atoms with Gasteiger partial charge < -0.3 is 9.64 Å². The Labute approximate surface area is 124 Å². The molecule has 0 aromatic rings. The Bertz CT molecular complexity index is 550. The van der Waals surface area contributed by atoms with Crippen molar-refractivity contribution in [2.45, 2.75) is 31.8 Å². The van der Waals surface area contributed by atoms with E-state index in [1.807, 2.05) is 4.90 Å². The van der Waals surface area contributed by atoms with E-state index >= 15 is 0 Å². The van der Waals surface area contributed by atoms with E-state index in [4.69, 9.17) is 4.74 Å². The van der Waals surface area contributed by atoms with Gasteiger partial charge in [0.05, 0.1) is 6.10 Å². The van der Waals surface area contributed by atoms with E-state index in [0.29, 0.717) is 18.3 Å². The van der Waals surface area contributed by atoms with E-state index in [1.165, 1.54) is 0 Å². The van der Waals surface area contributed by atoms with E-state index in [0.717, 1.165) is 31.5 Å². The number of ketones is 1. The zero-order valence-corrected chi connectivity index (χ0v) is 12.3. The molecule has 112 valence electrons. The number of likely N-dealkylation sites (tertiary alicyclic amines) is 1. The van der Waals surface area contributed by atoms with Crippen LogP contribution in [0.3, 0.4) is 0 Å². The maximum absolute atomic E-state index is 12.1. The van der Waals surface area contributed by atoms with Gasteiger partial charge >= 0.3 is 0 Å². The fourth-order valence-corrected chi connectivity index (χ4v) is 4.68. The summed E-state index contributed by atoms with van der Waals surface area (Å²) in [5.41, 5.74) is 1.07. The number of methoxy groups -OCH3 is 1. The second kappa shape index (κ2) is 4.80. The third-order valence-corrected chi connectivity index (χ3v) is 5.76. The van der Waals surface area contributed by atoms with Gasteiger partial charge in [-0.2, -0.15) is 0 Å². The summed E-state index contributed by atoms with van der Waals surface area (Å²) < 4.78 is 5.73. The number of hydrogen-bond donors (Lipinski definition) is 0. The summed E-state index contributed by atoms with van der Waals surface area (Å²) in [5.74, 6) is 1.35. The second-order valence-electron chi connectivity index (χ2n) is 6.65. The summed E-state index contributed by atoms with van der Waals surface area (Å²) in [4.78, 5) is 25.9. The zero-order valence-electron chi connectivity index (χ0n) is 12.3. The van der Waals surface area contributed by atoms with Gasteiger partial charge in [-0.3, -0.25) is 9.59 Å². The third-order valence-electron chi connectivity index (χ3n) is 5.76. The van der Waals surface area contributed by atoms with Gasteiger partial charge in [-0.15, -0.1) is 0 Å². The van der Waals surface area contributed by atoms with Crippen LogP contribution in [-0.4, -0.2) is 36.3 Å². The molecule has 0 spiro atoms. The molecular weight excluding hydrogens is 266 g/mol. The maximum Gasteiger partial charge on any atom is 0.228 e. The molecule has 5 atom stereocenters. The fourth-order valence-electron chi connectivity index (χ4n) is 4.68. The maximum atomic E-state index is 12.1. The van der Waals surface area contributed by atoms with Gasteiger partial charge in [-0.05, 0) is 30.8 Å². The van der Waals surface area contributed by atoms with Gasteiger partial charge in [0.15, 0.2) is 5.78 Å². The average molecular weight is 287 g/mol. The summed E-state index contributed by atoms with van der Waals surface area (Å²) in [7, 11) is 1.77. The Balaban J connectivity index is 1.76. The van der Waals surface area contributed by atoms with Crippen LogP contribution < -0.4 is 0 Å². The van der Waals surface area contributed by atoms with Gasteiger partial charge in [0.2, 0.25) is 5.91 Å². The molecule has 0 unspecified atom stereocenters. The number of allylic oxidation sites excluding steroid dienone is 3. The Morgan fingerprint density at radius 1 is 1.29 bits per heavy atom. The van der Waals surface area contributed by atoms with Crippen molar-refractivity contribution in [3.8, 4) is 0 Å². The minimum atomic E-state index is -0.0507. The molecule has 4 rings (SSSR count). The molecule has 0 aromatic carbocycles. The molecular formula is C17H21NO3. The fraction of sp³-hybridized carbons (Fsp3) is 0.647. The highest BCUT2D eigenvalue weighted by molar-refractivity contribution is 5.96. The standard InChI is InChI=1S/C17H21NO3/c1-21-15-4-2-3-11-10-5-6-14(19)12(10)9-13(17(11)15)18-8-7-16(18)20/h5-6,9-12,15,17H,2-4,7-8H2,1H3/t10-,11-,12+,15-,17+/m0/s1. The summed E-state index contributed by atoms with van der Waals surface area (Å²) in [5, 5.41) is 0. The number of nitrogens with zero attached hydrogens (tertiary/aromatic N) is 1. The van der Waals surface area contributed by atoms with Gasteiger partial charge in [0.25, 0.3) is 0 Å². The Kier molecular flexibility index (Phi) is 3.03. The van der Waals surface area contributed by atoms with Crippen molar-refractivity contribution in [3.05, 3.63) is 23.9 Å². The molecule has 0 N–H and O–H groups in total. The Morgan fingerprint density at radius 3 is 2.81 bits per heavy atom. The van der Waals surface area contributed by atoms with Crippen LogP contribution in [0.2, 0.25) is 0 Å². The smallest absolute Gasteiger partial charge is 0.228 e. The Morgan fingerprint density at radius 2 is 2.14 bits per heavy atom. The summed E-state index contributed by atoms with van der Waals surface area (Å²) >= 11 is 0. The molecule has 0 bridgehead atoms. The quantitative estimate of drug-likeness (QED) is 0.729. The molecule has 1 aliphatic heterocycles. The monoisotopic (exact) mass is 287 g/mol. The van der Waals surface area contributed by atoms with Crippen molar-refractivity contribution in [1.82, 2.24) is 4.90 Å². The summed E-state index contributed by atoms with van der Waals surface area (Å²) in [6.45, 7) is 0.795. The lowest BCUT2D eigenvalue weighted by atomic mass is 9.62. The first-order valence-corrected chi connectivity index (χ1v) is 7.97. The molecule has 0 aromatic heterocycles. The minimum absolute atomic E-state index is 0.0507. The number of ether oxygens (including phenoxy) is 1. The molecule has 1 heterocycles. The lowest BCUT2D eigenvalue weighted by Crippen LogP contribution is -2.52. The van der Waals surface area contributed by atoms with Crippen molar-refractivity contribution in [1.29, 1.82) is 0 Å². The van der Waals surface area contributed by atoms with Crippen molar-refractivity contribution in [2.75, 3.05) is 13.7 Å². The minimum Gasteiger partial charge on any atom is -0.381 e. The summed E-state index contributed by atoms with van der Waals surface area (Å²) in [6, 6.07) is 0. The average Bonchev–Trinajstić information content (AvgIpc) is 2.86. The van der Waals surface area contributed by atoms with Gasteiger partial charge in [0.1, 0.15) is 0 Å². The van der Waals surface area contributed by atoms with Gasteiger partial charge in [-0.25, -0.2) is 0 Å². The topological polar surface area (TPSA) is 46.6 Å². The van der Waals surface area contributed by atoms with Crippen molar-refractivity contribution in [2.24, 2.45) is 23.7 Å².